The Balaban J connectivity index is 1.96. The highest BCUT2D eigenvalue weighted by molar-refractivity contribution is 4.99. The molecule has 84 valence electrons. The van der Waals surface area contributed by atoms with Crippen molar-refractivity contribution in [3.63, 3.8) is 0 Å². The molecule has 15 heavy (non-hydrogen) atoms. The first-order valence-corrected chi connectivity index (χ1v) is 5.65. The fraction of sp³-hybridized carbons (Fsp3) is 0.727. The first-order chi connectivity index (χ1) is 7.31. The lowest BCUT2D eigenvalue weighted by Gasteiger charge is -2.24. The number of aryl methyl sites for hydroxylation is 1. The number of likely N-dealkylation sites (N-methyl/N-ethyl adjacent to an activating group) is 1. The Labute approximate surface area is 91.3 Å². The molecule has 0 amide bonds. The molecule has 4 nitrogen and oxygen atoms in total. The van der Waals surface area contributed by atoms with Gasteiger partial charge in [-0.1, -0.05) is 0 Å². The van der Waals surface area contributed by atoms with E-state index in [1.54, 1.807) is 0 Å². The van der Waals surface area contributed by atoms with E-state index in [0.29, 0.717) is 6.04 Å². The Hall–Kier alpha value is -0.870. The van der Waals surface area contributed by atoms with Crippen molar-refractivity contribution in [2.45, 2.75) is 25.4 Å². The van der Waals surface area contributed by atoms with Crippen LogP contribution in [0.4, 0.5) is 0 Å². The van der Waals surface area contributed by atoms with Gasteiger partial charge in [-0.05, 0) is 26.4 Å². The third-order valence-corrected chi connectivity index (χ3v) is 3.22. The molecule has 1 atom stereocenters. The van der Waals surface area contributed by atoms with E-state index in [-0.39, 0.29) is 0 Å². The molecule has 1 fully saturated rings. The van der Waals surface area contributed by atoms with Crippen LogP contribution in [0, 0.1) is 0 Å². The van der Waals surface area contributed by atoms with Gasteiger partial charge in [-0.3, -0.25) is 4.90 Å². The molecule has 2 rings (SSSR count). The highest BCUT2D eigenvalue weighted by atomic mass is 15.2. The van der Waals surface area contributed by atoms with Crippen LogP contribution >= 0.6 is 0 Å². The fourth-order valence-corrected chi connectivity index (χ4v) is 2.32. The van der Waals surface area contributed by atoms with Crippen LogP contribution in [0.5, 0.6) is 0 Å². The summed E-state index contributed by atoms with van der Waals surface area (Å²) in [6.45, 7) is 3.35. The summed E-state index contributed by atoms with van der Waals surface area (Å²) >= 11 is 0. The molecule has 1 aromatic heterocycles. The second-order valence-electron chi connectivity index (χ2n) is 4.32. The topological polar surface area (TPSA) is 33.1 Å². The minimum atomic E-state index is 0.699. The van der Waals surface area contributed by atoms with Crippen molar-refractivity contribution < 1.29 is 0 Å². The molecule has 1 aliphatic rings. The van der Waals surface area contributed by atoms with E-state index >= 15 is 0 Å². The zero-order valence-electron chi connectivity index (χ0n) is 9.61. The van der Waals surface area contributed by atoms with Crippen molar-refractivity contribution in [1.29, 1.82) is 0 Å². The van der Waals surface area contributed by atoms with E-state index in [1.165, 1.54) is 25.1 Å². The Morgan fingerprint density at radius 3 is 3.13 bits per heavy atom. The summed E-state index contributed by atoms with van der Waals surface area (Å²) in [4.78, 5) is 6.70. The van der Waals surface area contributed by atoms with E-state index in [4.69, 9.17) is 0 Å². The Morgan fingerprint density at radius 1 is 1.60 bits per heavy atom. The average Bonchev–Trinajstić information content (AvgIpc) is 2.80. The minimum Gasteiger partial charge on any atom is -0.337 e. The van der Waals surface area contributed by atoms with E-state index in [1.807, 2.05) is 19.6 Å². The molecule has 0 aromatic carbocycles. The fourth-order valence-electron chi connectivity index (χ4n) is 2.32. The number of aromatic nitrogens is 2. The largest absolute Gasteiger partial charge is 0.337 e. The van der Waals surface area contributed by atoms with Crippen LogP contribution < -0.4 is 5.32 Å². The lowest BCUT2D eigenvalue weighted by molar-refractivity contribution is 0.237. The van der Waals surface area contributed by atoms with Gasteiger partial charge in [0.1, 0.15) is 0 Å². The van der Waals surface area contributed by atoms with Crippen molar-refractivity contribution in [3.8, 4) is 0 Å². The predicted octanol–water partition coefficient (Wildman–Crippen LogP) is 0.604. The summed E-state index contributed by atoms with van der Waals surface area (Å²) in [5.74, 6) is 0. The number of hydrogen-bond donors (Lipinski definition) is 1. The van der Waals surface area contributed by atoms with E-state index in [0.717, 1.165) is 13.1 Å². The molecule has 4 heteroatoms. The van der Waals surface area contributed by atoms with Crippen LogP contribution in [-0.4, -0.2) is 40.6 Å². The lowest BCUT2D eigenvalue weighted by atomic mass is 10.2. The van der Waals surface area contributed by atoms with E-state index in [2.05, 4.69) is 26.8 Å². The summed E-state index contributed by atoms with van der Waals surface area (Å²) < 4.78 is 2.11. The first kappa shape index (κ1) is 10.6. The summed E-state index contributed by atoms with van der Waals surface area (Å²) in [7, 11) is 4.09. The number of rotatable bonds is 4. The van der Waals surface area contributed by atoms with Crippen molar-refractivity contribution in [3.05, 3.63) is 18.2 Å². The number of imidazole rings is 1. The standard InChI is InChI=1S/C11H20N4/c1-12-6-10-4-3-5-15(10)8-11-7-13-9-14(11)2/h7,9-10,12H,3-6,8H2,1-2H3. The van der Waals surface area contributed by atoms with Crippen molar-refractivity contribution in [2.75, 3.05) is 20.1 Å². The van der Waals surface area contributed by atoms with Crippen LogP contribution in [0.15, 0.2) is 12.5 Å². The SMILES string of the molecule is CNCC1CCCN1Cc1cncn1C. The molecule has 0 aliphatic carbocycles. The Morgan fingerprint density at radius 2 is 2.47 bits per heavy atom. The average molecular weight is 208 g/mol. The van der Waals surface area contributed by atoms with Crippen LogP contribution in [0.25, 0.3) is 0 Å². The maximum absolute atomic E-state index is 4.16. The molecular formula is C11H20N4. The zero-order chi connectivity index (χ0) is 10.7. The highest BCUT2D eigenvalue weighted by Gasteiger charge is 2.24. The number of likely N-dealkylation sites (tertiary alicyclic amines) is 1. The van der Waals surface area contributed by atoms with Crippen LogP contribution in [0.3, 0.4) is 0 Å². The van der Waals surface area contributed by atoms with Crippen LogP contribution in [0.2, 0.25) is 0 Å². The van der Waals surface area contributed by atoms with Crippen molar-refractivity contribution >= 4 is 0 Å². The lowest BCUT2D eigenvalue weighted by Crippen LogP contribution is -2.36. The Kier molecular flexibility index (Phi) is 3.38. The summed E-state index contributed by atoms with van der Waals surface area (Å²) in [6, 6.07) is 0.699. The molecule has 1 aromatic rings. The van der Waals surface area contributed by atoms with Gasteiger partial charge in [0.15, 0.2) is 0 Å². The number of nitrogens with zero attached hydrogens (tertiary/aromatic N) is 3. The third kappa shape index (κ3) is 2.38. The smallest absolute Gasteiger partial charge is 0.0945 e. The summed E-state index contributed by atoms with van der Waals surface area (Å²) in [5.41, 5.74) is 1.30. The van der Waals surface area contributed by atoms with Gasteiger partial charge in [0.05, 0.1) is 12.0 Å². The van der Waals surface area contributed by atoms with E-state index in [9.17, 15) is 0 Å². The predicted molar refractivity (Wildman–Crippen MR) is 60.6 cm³/mol. The molecule has 0 spiro atoms. The molecule has 1 aliphatic heterocycles. The molecule has 1 N–H and O–H groups in total. The highest BCUT2D eigenvalue weighted by Crippen LogP contribution is 2.18. The normalized spacial score (nSPS) is 22.4. The van der Waals surface area contributed by atoms with Gasteiger partial charge >= 0.3 is 0 Å². The maximum atomic E-state index is 4.16. The number of hydrogen-bond acceptors (Lipinski definition) is 3. The number of nitrogens with one attached hydrogen (secondary N) is 1. The molecule has 0 saturated carbocycles. The molecule has 0 bridgehead atoms. The van der Waals surface area contributed by atoms with Crippen molar-refractivity contribution in [2.24, 2.45) is 7.05 Å². The quantitative estimate of drug-likeness (QED) is 0.787. The van der Waals surface area contributed by atoms with Crippen molar-refractivity contribution in [1.82, 2.24) is 19.8 Å². The molecule has 0 radical (unpaired) electrons. The van der Waals surface area contributed by atoms with Gasteiger partial charge in [-0.15, -0.1) is 0 Å². The van der Waals surface area contributed by atoms with Gasteiger partial charge in [-0.2, -0.15) is 0 Å². The summed E-state index contributed by atoms with van der Waals surface area (Å²) in [5, 5.41) is 3.27. The Bertz CT molecular complexity index is 307. The van der Waals surface area contributed by atoms with Gasteiger partial charge in [-0.25, -0.2) is 4.98 Å². The van der Waals surface area contributed by atoms with Gasteiger partial charge < -0.3 is 9.88 Å². The van der Waals surface area contributed by atoms with Gasteiger partial charge in [0, 0.05) is 32.4 Å². The molecular weight excluding hydrogens is 188 g/mol. The molecule has 1 saturated heterocycles. The summed E-state index contributed by atoms with van der Waals surface area (Å²) in [6.07, 6.45) is 6.48. The second kappa shape index (κ2) is 4.77. The maximum Gasteiger partial charge on any atom is 0.0945 e. The monoisotopic (exact) mass is 208 g/mol. The first-order valence-electron chi connectivity index (χ1n) is 5.65. The van der Waals surface area contributed by atoms with Gasteiger partial charge in [0.25, 0.3) is 0 Å². The van der Waals surface area contributed by atoms with Crippen LogP contribution in [-0.2, 0) is 13.6 Å². The molecule has 2 heterocycles. The van der Waals surface area contributed by atoms with E-state index < -0.39 is 0 Å². The van der Waals surface area contributed by atoms with Crippen LogP contribution in [0.1, 0.15) is 18.5 Å². The molecule has 1 unspecified atom stereocenters. The minimum absolute atomic E-state index is 0.699. The second-order valence-corrected chi connectivity index (χ2v) is 4.32. The zero-order valence-corrected chi connectivity index (χ0v) is 9.61. The third-order valence-electron chi connectivity index (χ3n) is 3.22. The van der Waals surface area contributed by atoms with Gasteiger partial charge in [0.2, 0.25) is 0 Å².